The van der Waals surface area contributed by atoms with E-state index in [0.717, 1.165) is 38.6 Å². The van der Waals surface area contributed by atoms with Crippen molar-refractivity contribution in [1.82, 2.24) is 14.5 Å². The summed E-state index contributed by atoms with van der Waals surface area (Å²) in [4.78, 5) is 30.7. The number of carbonyl (C=O) groups is 2. The summed E-state index contributed by atoms with van der Waals surface area (Å²) in [6.45, 7) is 7.76. The average Bonchev–Trinajstić information content (AvgIpc) is 3.10. The topological polar surface area (TPSA) is 55.2 Å². The maximum absolute atomic E-state index is 12.4. The van der Waals surface area contributed by atoms with Gasteiger partial charge in [-0.2, -0.15) is 0 Å². The summed E-state index contributed by atoms with van der Waals surface area (Å²) in [7, 11) is 0. The molecular formula is C18H29N3O2. The molecule has 0 spiro atoms. The van der Waals surface area contributed by atoms with Crippen LogP contribution in [0.1, 0.15) is 52.9 Å². The van der Waals surface area contributed by atoms with Crippen molar-refractivity contribution in [1.29, 1.82) is 0 Å². The molecule has 23 heavy (non-hydrogen) atoms. The van der Waals surface area contributed by atoms with Crippen molar-refractivity contribution < 1.29 is 9.59 Å². The third-order valence-corrected chi connectivity index (χ3v) is 4.79. The molecule has 1 saturated heterocycles. The second-order valence-corrected chi connectivity index (χ2v) is 6.85. The van der Waals surface area contributed by atoms with Crippen molar-refractivity contribution in [2.75, 3.05) is 6.54 Å². The molecule has 1 aliphatic heterocycles. The normalized spacial score (nSPS) is 21.7. The van der Waals surface area contributed by atoms with Crippen LogP contribution >= 0.6 is 0 Å². The molecule has 0 aromatic carbocycles. The van der Waals surface area contributed by atoms with E-state index >= 15 is 0 Å². The molecule has 2 atom stereocenters. The van der Waals surface area contributed by atoms with Crippen molar-refractivity contribution in [2.45, 2.75) is 65.5 Å². The Kier molecular flexibility index (Phi) is 6.37. The van der Waals surface area contributed by atoms with Gasteiger partial charge in [-0.25, -0.2) is 4.98 Å². The quantitative estimate of drug-likeness (QED) is 0.519. The summed E-state index contributed by atoms with van der Waals surface area (Å²) >= 11 is 0. The molecule has 0 bridgehead atoms. The highest BCUT2D eigenvalue weighted by Gasteiger charge is 2.47. The molecule has 1 aromatic heterocycles. The van der Waals surface area contributed by atoms with Crippen LogP contribution in [-0.2, 0) is 16.1 Å². The number of imidazole rings is 1. The minimum atomic E-state index is -0.268. The predicted octanol–water partition coefficient (Wildman–Crippen LogP) is 2.91. The maximum atomic E-state index is 12.4. The molecule has 1 aliphatic rings. The first-order chi connectivity index (χ1) is 11.1. The highest BCUT2D eigenvalue weighted by Crippen LogP contribution is 2.32. The van der Waals surface area contributed by atoms with Gasteiger partial charge in [-0.05, 0) is 18.8 Å². The largest absolute Gasteiger partial charge is 0.337 e. The van der Waals surface area contributed by atoms with Gasteiger partial charge in [0.25, 0.3) is 5.91 Å². The number of likely N-dealkylation sites (tertiary alicyclic amines) is 1. The second kappa shape index (κ2) is 8.27. The molecule has 0 radical (unpaired) electrons. The number of rotatable bonds is 9. The summed E-state index contributed by atoms with van der Waals surface area (Å²) < 4.78 is 2.01. The molecule has 0 N–H and O–H groups in total. The maximum Gasteiger partial charge on any atom is 0.290 e. The average molecular weight is 319 g/mol. The van der Waals surface area contributed by atoms with Crippen molar-refractivity contribution >= 4 is 11.7 Å². The first-order valence-electron chi connectivity index (χ1n) is 8.86. The van der Waals surface area contributed by atoms with Crippen molar-refractivity contribution in [2.24, 2.45) is 11.8 Å². The lowest BCUT2D eigenvalue weighted by Gasteiger charge is -2.29. The number of aryl methyl sites for hydroxylation is 1. The van der Waals surface area contributed by atoms with Crippen LogP contribution in [0.15, 0.2) is 18.7 Å². The van der Waals surface area contributed by atoms with Crippen LogP contribution in [0.25, 0.3) is 0 Å². The van der Waals surface area contributed by atoms with Crippen molar-refractivity contribution in [3.8, 4) is 0 Å². The first kappa shape index (κ1) is 17.7. The van der Waals surface area contributed by atoms with E-state index in [-0.39, 0.29) is 29.6 Å². The minimum absolute atomic E-state index is 0.0873. The Hall–Kier alpha value is -1.65. The smallest absolute Gasteiger partial charge is 0.290 e. The Morgan fingerprint density at radius 3 is 2.57 bits per heavy atom. The zero-order chi connectivity index (χ0) is 16.8. The van der Waals surface area contributed by atoms with Crippen LogP contribution in [0.3, 0.4) is 0 Å². The second-order valence-electron chi connectivity index (χ2n) is 6.85. The van der Waals surface area contributed by atoms with Crippen molar-refractivity contribution in [3.63, 3.8) is 0 Å². The van der Waals surface area contributed by atoms with Crippen LogP contribution in [0.2, 0.25) is 0 Å². The Morgan fingerprint density at radius 1 is 1.17 bits per heavy atom. The van der Waals surface area contributed by atoms with E-state index in [2.05, 4.69) is 25.8 Å². The lowest BCUT2D eigenvalue weighted by atomic mass is 9.85. The van der Waals surface area contributed by atoms with Crippen LogP contribution in [0, 0.1) is 11.8 Å². The molecule has 5 nitrogen and oxygen atoms in total. The Labute approximate surface area is 139 Å². The third kappa shape index (κ3) is 4.21. The van der Waals surface area contributed by atoms with Gasteiger partial charge in [0.2, 0.25) is 5.78 Å². The summed E-state index contributed by atoms with van der Waals surface area (Å²) in [6, 6.07) is 0.0873. The van der Waals surface area contributed by atoms with Gasteiger partial charge < -0.3 is 9.47 Å². The number of Topliss-reactive ketones (excluding diaryl/α,β-unsaturated/α-hetero) is 1. The van der Waals surface area contributed by atoms with Gasteiger partial charge in [0, 0.05) is 31.5 Å². The molecule has 2 unspecified atom stereocenters. The van der Waals surface area contributed by atoms with Gasteiger partial charge in [0.05, 0.1) is 12.2 Å². The number of aromatic nitrogens is 2. The molecule has 0 aliphatic carbocycles. The Balaban J connectivity index is 2.00. The third-order valence-electron chi connectivity index (χ3n) is 4.79. The van der Waals surface area contributed by atoms with E-state index in [4.69, 9.17) is 0 Å². The molecule has 128 valence electrons. The summed E-state index contributed by atoms with van der Waals surface area (Å²) in [6.07, 6.45) is 10.7. The molecule has 1 fully saturated rings. The van der Waals surface area contributed by atoms with E-state index < -0.39 is 0 Å². The number of nitrogens with zero attached hydrogens (tertiary/aromatic N) is 3. The number of amides is 1. The van der Waals surface area contributed by atoms with E-state index in [1.54, 1.807) is 12.5 Å². The van der Waals surface area contributed by atoms with Gasteiger partial charge >= 0.3 is 0 Å². The SMILES string of the molecule is CCCCCC1C(C(C)C)C(=O)C(=O)N1CCCn1ccnc1. The van der Waals surface area contributed by atoms with Gasteiger partial charge in [0.15, 0.2) is 0 Å². The van der Waals surface area contributed by atoms with Gasteiger partial charge in [-0.15, -0.1) is 0 Å². The molecule has 2 rings (SSSR count). The highest BCUT2D eigenvalue weighted by atomic mass is 16.2. The molecule has 2 heterocycles. The fourth-order valence-corrected chi connectivity index (χ4v) is 3.60. The molecule has 1 aromatic rings. The van der Waals surface area contributed by atoms with E-state index in [1.807, 2.05) is 15.7 Å². The summed E-state index contributed by atoms with van der Waals surface area (Å²) in [5.74, 6) is -0.357. The standard InChI is InChI=1S/C18H29N3O2/c1-4-5-6-8-15-16(14(2)3)17(22)18(23)21(15)11-7-10-20-12-9-19-13-20/h9,12-16H,4-8,10-11H2,1-3H3. The minimum Gasteiger partial charge on any atom is -0.337 e. The molecular weight excluding hydrogens is 290 g/mol. The lowest BCUT2D eigenvalue weighted by Crippen LogP contribution is -2.37. The number of ketones is 1. The summed E-state index contributed by atoms with van der Waals surface area (Å²) in [5, 5.41) is 0. The lowest BCUT2D eigenvalue weighted by molar-refractivity contribution is -0.141. The number of carbonyl (C=O) groups excluding carboxylic acids is 2. The van der Waals surface area contributed by atoms with Crippen LogP contribution < -0.4 is 0 Å². The Bertz CT molecular complexity index is 510. The van der Waals surface area contributed by atoms with E-state index in [9.17, 15) is 9.59 Å². The molecule has 1 amide bonds. The van der Waals surface area contributed by atoms with Crippen molar-refractivity contribution in [3.05, 3.63) is 18.7 Å². The van der Waals surface area contributed by atoms with Gasteiger partial charge in [-0.3, -0.25) is 9.59 Å². The molecule has 5 heteroatoms. The summed E-state index contributed by atoms with van der Waals surface area (Å²) in [5.41, 5.74) is 0. The first-order valence-corrected chi connectivity index (χ1v) is 8.86. The Morgan fingerprint density at radius 2 is 1.96 bits per heavy atom. The number of hydrogen-bond donors (Lipinski definition) is 0. The van der Waals surface area contributed by atoms with E-state index in [0.29, 0.717) is 6.54 Å². The molecule has 0 saturated carbocycles. The van der Waals surface area contributed by atoms with Crippen LogP contribution in [0.5, 0.6) is 0 Å². The fourth-order valence-electron chi connectivity index (χ4n) is 3.60. The van der Waals surface area contributed by atoms with E-state index in [1.165, 1.54) is 0 Å². The fraction of sp³-hybridized carbons (Fsp3) is 0.722. The monoisotopic (exact) mass is 319 g/mol. The van der Waals surface area contributed by atoms with Gasteiger partial charge in [-0.1, -0.05) is 40.0 Å². The zero-order valence-corrected chi connectivity index (χ0v) is 14.6. The van der Waals surface area contributed by atoms with Gasteiger partial charge in [0.1, 0.15) is 0 Å². The number of hydrogen-bond acceptors (Lipinski definition) is 3. The number of unbranched alkanes of at least 4 members (excludes halogenated alkanes) is 2. The van der Waals surface area contributed by atoms with Crippen LogP contribution in [0.4, 0.5) is 0 Å². The predicted molar refractivity (Wildman–Crippen MR) is 89.8 cm³/mol. The highest BCUT2D eigenvalue weighted by molar-refractivity contribution is 6.39. The zero-order valence-electron chi connectivity index (χ0n) is 14.6. The van der Waals surface area contributed by atoms with Crippen LogP contribution in [-0.4, -0.2) is 38.7 Å².